The minimum Gasteiger partial charge on any atom is -0.465 e. The van der Waals surface area contributed by atoms with Crippen LogP contribution in [0.3, 0.4) is 0 Å². The fraction of sp³-hybridized carbons (Fsp3) is 0.154. The van der Waals surface area contributed by atoms with E-state index in [1.807, 2.05) is 30.5 Å². The number of halogens is 1. The van der Waals surface area contributed by atoms with E-state index in [9.17, 15) is 23.6 Å². The average Bonchev–Trinajstić information content (AvgIpc) is 3.28. The molecule has 0 atom stereocenters. The number of hydrogen-bond acceptors (Lipinski definition) is 5. The van der Waals surface area contributed by atoms with Gasteiger partial charge >= 0.3 is 12.0 Å². The number of aryl methyl sites for hydroxylation is 1. The normalized spacial score (nSPS) is 14.2. The molecule has 0 aliphatic carbocycles. The number of methoxy groups -OCH3 is 1. The molecule has 0 saturated carbocycles. The number of ether oxygens (including phenoxy) is 1. The summed E-state index contributed by atoms with van der Waals surface area (Å²) in [7, 11) is 1.31. The summed E-state index contributed by atoms with van der Waals surface area (Å²) < 4.78 is 20.5. The summed E-state index contributed by atoms with van der Waals surface area (Å²) in [4.78, 5) is 50.3. The number of urea groups is 1. The van der Waals surface area contributed by atoms with E-state index in [0.29, 0.717) is 11.1 Å². The molecule has 0 unspecified atom stereocenters. The van der Waals surface area contributed by atoms with Gasteiger partial charge in [0.1, 0.15) is 18.1 Å². The number of imide groups is 1. The van der Waals surface area contributed by atoms with Gasteiger partial charge in [0.2, 0.25) is 5.91 Å². The van der Waals surface area contributed by atoms with Crippen molar-refractivity contribution in [2.45, 2.75) is 13.8 Å². The number of esters is 1. The number of benzene rings is 2. The lowest BCUT2D eigenvalue weighted by Gasteiger charge is -2.12. The van der Waals surface area contributed by atoms with Gasteiger partial charge in [-0.25, -0.2) is 18.9 Å². The number of para-hydroxylation sites is 1. The Morgan fingerprint density at radius 2 is 1.83 bits per heavy atom. The van der Waals surface area contributed by atoms with Gasteiger partial charge in [0, 0.05) is 17.1 Å². The van der Waals surface area contributed by atoms with Crippen molar-refractivity contribution in [3.05, 3.63) is 88.6 Å². The van der Waals surface area contributed by atoms with E-state index in [4.69, 9.17) is 4.74 Å². The van der Waals surface area contributed by atoms with Crippen molar-refractivity contribution >= 4 is 35.6 Å². The summed E-state index contributed by atoms with van der Waals surface area (Å²) in [5, 5.41) is 4.84. The Bertz CT molecular complexity index is 1430. The van der Waals surface area contributed by atoms with Gasteiger partial charge in [0.25, 0.3) is 5.91 Å². The van der Waals surface area contributed by atoms with E-state index < -0.39 is 36.2 Å². The van der Waals surface area contributed by atoms with Crippen LogP contribution in [0.5, 0.6) is 0 Å². The first kappa shape index (κ1) is 24.4. The van der Waals surface area contributed by atoms with Crippen LogP contribution < -0.4 is 10.6 Å². The Labute approximate surface area is 206 Å². The van der Waals surface area contributed by atoms with Gasteiger partial charge in [-0.15, -0.1) is 0 Å². The number of carbonyl (C=O) groups excluding carboxylic acids is 4. The molecule has 10 heteroatoms. The lowest BCUT2D eigenvalue weighted by molar-refractivity contribution is -0.127. The van der Waals surface area contributed by atoms with E-state index in [2.05, 4.69) is 10.6 Å². The molecule has 1 aliphatic heterocycles. The molecule has 2 N–H and O–H groups in total. The molecule has 9 nitrogen and oxygen atoms in total. The molecule has 3 aromatic rings. The highest BCUT2D eigenvalue weighted by atomic mass is 19.1. The highest BCUT2D eigenvalue weighted by Gasteiger charge is 2.35. The Kier molecular flexibility index (Phi) is 6.69. The second-order valence-corrected chi connectivity index (χ2v) is 8.11. The van der Waals surface area contributed by atoms with Crippen LogP contribution >= 0.6 is 0 Å². The zero-order chi connectivity index (χ0) is 26.0. The van der Waals surface area contributed by atoms with Gasteiger partial charge in [-0.05, 0) is 61.9 Å². The van der Waals surface area contributed by atoms with E-state index in [1.54, 1.807) is 24.3 Å². The largest absolute Gasteiger partial charge is 0.465 e. The van der Waals surface area contributed by atoms with Gasteiger partial charge in [0.05, 0.1) is 18.4 Å². The molecule has 2 heterocycles. The average molecular weight is 490 g/mol. The predicted octanol–water partition coefficient (Wildman–Crippen LogP) is 3.55. The first-order valence-corrected chi connectivity index (χ1v) is 11.0. The highest BCUT2D eigenvalue weighted by molar-refractivity contribution is 6.16. The van der Waals surface area contributed by atoms with Crippen molar-refractivity contribution in [1.82, 2.24) is 14.8 Å². The molecule has 4 amide bonds. The number of nitrogens with zero attached hydrogens (tertiary/aromatic N) is 2. The third-order valence-electron chi connectivity index (χ3n) is 5.71. The van der Waals surface area contributed by atoms with Crippen LogP contribution in [0.2, 0.25) is 0 Å². The lowest BCUT2D eigenvalue weighted by Crippen LogP contribution is -2.38. The van der Waals surface area contributed by atoms with Crippen molar-refractivity contribution < 1.29 is 28.3 Å². The maximum Gasteiger partial charge on any atom is 0.337 e. The first-order chi connectivity index (χ1) is 17.2. The van der Waals surface area contributed by atoms with Crippen molar-refractivity contribution in [1.29, 1.82) is 0 Å². The standard InChI is InChI=1S/C26H23FN4O5/c1-15-11-18(16(2)31(15)19-8-6-7-17(12-19)25(34)36-3)13-22-24(33)30(26(35)29-22)14-23(32)28-21-10-5-4-9-20(21)27/h4-13H,14H2,1-3H3,(H,28,32)(H,29,35)/b22-13+. The Morgan fingerprint density at radius 3 is 2.56 bits per heavy atom. The lowest BCUT2D eigenvalue weighted by atomic mass is 10.2. The molecule has 2 aromatic carbocycles. The minimum atomic E-state index is -0.755. The predicted molar refractivity (Wildman–Crippen MR) is 130 cm³/mol. The molecule has 1 aliphatic rings. The van der Waals surface area contributed by atoms with Crippen molar-refractivity contribution in [3.8, 4) is 5.69 Å². The van der Waals surface area contributed by atoms with Gasteiger partial charge in [0.15, 0.2) is 0 Å². The van der Waals surface area contributed by atoms with E-state index in [1.165, 1.54) is 31.4 Å². The highest BCUT2D eigenvalue weighted by Crippen LogP contribution is 2.25. The van der Waals surface area contributed by atoms with Crippen LogP contribution in [0.4, 0.5) is 14.9 Å². The summed E-state index contributed by atoms with van der Waals surface area (Å²) in [6.07, 6.45) is 1.53. The van der Waals surface area contributed by atoms with Crippen LogP contribution in [-0.4, -0.2) is 46.9 Å². The summed E-state index contributed by atoms with van der Waals surface area (Å²) in [6, 6.07) is 13.6. The molecule has 0 spiro atoms. The maximum absolute atomic E-state index is 13.8. The fourth-order valence-corrected chi connectivity index (χ4v) is 3.99. The third-order valence-corrected chi connectivity index (χ3v) is 5.71. The maximum atomic E-state index is 13.8. The fourth-order valence-electron chi connectivity index (χ4n) is 3.99. The van der Waals surface area contributed by atoms with Crippen molar-refractivity contribution in [3.63, 3.8) is 0 Å². The van der Waals surface area contributed by atoms with Crippen LogP contribution in [0.15, 0.2) is 60.3 Å². The second-order valence-electron chi connectivity index (χ2n) is 8.11. The number of nitrogens with one attached hydrogen (secondary N) is 2. The van der Waals surface area contributed by atoms with Crippen LogP contribution in [0.25, 0.3) is 11.8 Å². The molecular weight excluding hydrogens is 467 g/mol. The smallest absolute Gasteiger partial charge is 0.337 e. The van der Waals surface area contributed by atoms with E-state index in [0.717, 1.165) is 22.0 Å². The molecule has 184 valence electrons. The molecule has 0 radical (unpaired) electrons. The van der Waals surface area contributed by atoms with Crippen LogP contribution in [0, 0.1) is 19.7 Å². The number of aromatic nitrogens is 1. The van der Waals surface area contributed by atoms with Crippen molar-refractivity contribution in [2.75, 3.05) is 19.0 Å². The summed E-state index contributed by atoms with van der Waals surface area (Å²) in [5.74, 6) is -2.48. The molecule has 1 saturated heterocycles. The van der Waals surface area contributed by atoms with Gasteiger partial charge < -0.3 is 19.9 Å². The van der Waals surface area contributed by atoms with Crippen LogP contribution in [-0.2, 0) is 14.3 Å². The second kappa shape index (κ2) is 9.87. The third kappa shape index (κ3) is 4.74. The number of carbonyl (C=O) groups is 4. The molecule has 1 aromatic heterocycles. The van der Waals surface area contributed by atoms with E-state index >= 15 is 0 Å². The minimum absolute atomic E-state index is 0.00209. The summed E-state index contributed by atoms with van der Waals surface area (Å²) >= 11 is 0. The number of rotatable bonds is 6. The van der Waals surface area contributed by atoms with E-state index in [-0.39, 0.29) is 11.4 Å². The Morgan fingerprint density at radius 1 is 1.08 bits per heavy atom. The zero-order valence-electron chi connectivity index (χ0n) is 19.8. The Balaban J connectivity index is 1.55. The molecule has 36 heavy (non-hydrogen) atoms. The Hall–Kier alpha value is -4.73. The molecule has 1 fully saturated rings. The summed E-state index contributed by atoms with van der Waals surface area (Å²) in [5.41, 5.74) is 3.34. The SMILES string of the molecule is COC(=O)c1cccc(-n2c(C)cc(/C=C3/NC(=O)N(CC(=O)Nc4ccccc4F)C3=O)c2C)c1. The summed E-state index contributed by atoms with van der Waals surface area (Å²) in [6.45, 7) is 3.13. The van der Waals surface area contributed by atoms with Gasteiger partial charge in [-0.1, -0.05) is 18.2 Å². The quantitative estimate of drug-likeness (QED) is 0.312. The first-order valence-electron chi connectivity index (χ1n) is 11.0. The molecule has 0 bridgehead atoms. The zero-order valence-corrected chi connectivity index (χ0v) is 19.8. The van der Waals surface area contributed by atoms with Crippen LogP contribution in [0.1, 0.15) is 27.3 Å². The topological polar surface area (TPSA) is 110 Å². The molecular formula is C26H23FN4O5. The number of hydrogen-bond donors (Lipinski definition) is 2. The number of anilines is 1. The van der Waals surface area contributed by atoms with Gasteiger partial charge in [-0.2, -0.15) is 0 Å². The van der Waals surface area contributed by atoms with Crippen molar-refractivity contribution in [2.24, 2.45) is 0 Å². The number of amides is 4. The molecule has 4 rings (SSSR count). The monoisotopic (exact) mass is 490 g/mol. The van der Waals surface area contributed by atoms with Gasteiger partial charge in [-0.3, -0.25) is 9.59 Å².